The molecule has 0 saturated heterocycles. The van der Waals surface area contributed by atoms with Gasteiger partial charge in [-0.05, 0) is 27.7 Å². The molecule has 11 heteroatoms. The Kier molecular flexibility index (Phi) is 5.85. The highest BCUT2D eigenvalue weighted by Crippen LogP contribution is 2.29. The van der Waals surface area contributed by atoms with Crippen molar-refractivity contribution in [1.29, 1.82) is 0 Å². The van der Waals surface area contributed by atoms with Crippen LogP contribution in [-0.2, 0) is 19.6 Å². The number of benzene rings is 1. The molecule has 0 amide bonds. The monoisotopic (exact) mass is 389 g/mol. The van der Waals surface area contributed by atoms with E-state index in [0.29, 0.717) is 0 Å². The maximum atomic E-state index is 13.8. The van der Waals surface area contributed by atoms with Crippen LogP contribution in [0.3, 0.4) is 0 Å². The van der Waals surface area contributed by atoms with Gasteiger partial charge in [-0.3, -0.25) is 4.79 Å². The van der Waals surface area contributed by atoms with E-state index in [9.17, 15) is 35.2 Å². The summed E-state index contributed by atoms with van der Waals surface area (Å²) >= 11 is 0. The van der Waals surface area contributed by atoms with Crippen LogP contribution in [-0.4, -0.2) is 37.4 Å². The Hall–Kier alpha value is -1.75. The van der Waals surface area contributed by atoms with Crippen LogP contribution in [0.5, 0.6) is 0 Å². The number of carbonyl (C=O) groups is 1. The third kappa shape index (κ3) is 4.09. The Labute approximate surface area is 141 Å². The van der Waals surface area contributed by atoms with Crippen molar-refractivity contribution >= 4 is 16.0 Å². The first-order chi connectivity index (χ1) is 11.1. The van der Waals surface area contributed by atoms with Gasteiger partial charge >= 0.3 is 5.97 Å². The van der Waals surface area contributed by atoms with Gasteiger partial charge in [-0.25, -0.2) is 30.4 Å². The zero-order valence-electron chi connectivity index (χ0n) is 14.0. The van der Waals surface area contributed by atoms with E-state index in [4.69, 9.17) is 4.74 Å². The lowest BCUT2D eigenvalue weighted by Crippen LogP contribution is -2.44. The molecule has 0 radical (unpaired) electrons. The molecule has 0 saturated carbocycles. The Bertz CT molecular complexity index is 775. The maximum absolute atomic E-state index is 13.8. The Morgan fingerprint density at radius 3 is 1.68 bits per heavy atom. The van der Waals surface area contributed by atoms with E-state index in [-0.39, 0.29) is 4.31 Å². The highest BCUT2D eigenvalue weighted by atomic mass is 32.2. The molecule has 0 unspecified atom stereocenters. The van der Waals surface area contributed by atoms with Crippen molar-refractivity contribution in [2.24, 2.45) is 0 Å². The second-order valence-corrected chi connectivity index (χ2v) is 8.06. The molecule has 0 N–H and O–H groups in total. The van der Waals surface area contributed by atoms with Crippen molar-refractivity contribution in [3.63, 3.8) is 0 Å². The number of sulfonamides is 1. The minimum atomic E-state index is -5.23. The molecule has 25 heavy (non-hydrogen) atoms. The molecule has 0 bridgehead atoms. The first-order valence-electron chi connectivity index (χ1n) is 6.85. The number of esters is 1. The van der Waals surface area contributed by atoms with Gasteiger partial charge in [0.2, 0.25) is 15.8 Å². The van der Waals surface area contributed by atoms with E-state index in [0.717, 1.165) is 14.0 Å². The normalized spacial score (nSPS) is 13.9. The second kappa shape index (κ2) is 6.87. The summed E-state index contributed by atoms with van der Waals surface area (Å²) in [7, 11) is -4.47. The van der Waals surface area contributed by atoms with Crippen LogP contribution in [0, 0.1) is 29.1 Å². The van der Waals surface area contributed by atoms with Crippen molar-refractivity contribution in [2.75, 3.05) is 7.05 Å². The molecular formula is C14H16F5NO4S. The zero-order valence-corrected chi connectivity index (χ0v) is 14.8. The molecule has 0 aliphatic carbocycles. The molecule has 0 fully saturated rings. The number of ether oxygens (including phenoxy) is 1. The van der Waals surface area contributed by atoms with E-state index >= 15 is 0 Å². The van der Waals surface area contributed by atoms with Crippen LogP contribution in [0.4, 0.5) is 22.0 Å². The van der Waals surface area contributed by atoms with Gasteiger partial charge < -0.3 is 4.74 Å². The minimum absolute atomic E-state index is 0.166. The molecule has 142 valence electrons. The van der Waals surface area contributed by atoms with Gasteiger partial charge in [0.15, 0.2) is 28.2 Å². The van der Waals surface area contributed by atoms with Crippen molar-refractivity contribution in [1.82, 2.24) is 4.31 Å². The zero-order chi connectivity index (χ0) is 19.9. The summed E-state index contributed by atoms with van der Waals surface area (Å²) in [5.74, 6) is -13.4. The number of likely N-dealkylation sites (N-methyl/N-ethyl adjacent to an activating group) is 1. The van der Waals surface area contributed by atoms with Crippen molar-refractivity contribution < 1.29 is 39.9 Å². The van der Waals surface area contributed by atoms with Crippen LogP contribution < -0.4 is 0 Å². The predicted octanol–water partition coefficient (Wildman–Crippen LogP) is 2.73. The first kappa shape index (κ1) is 21.3. The van der Waals surface area contributed by atoms with Crippen LogP contribution in [0.25, 0.3) is 0 Å². The van der Waals surface area contributed by atoms with E-state index < -0.39 is 61.6 Å². The SMILES string of the molecule is C[C@H](C(=O)OC(C)(C)C)N(C)S(=O)(=O)c1c(F)c(F)c(F)c(F)c1F. The average molecular weight is 389 g/mol. The number of hydrogen-bond donors (Lipinski definition) is 0. The third-order valence-corrected chi connectivity index (χ3v) is 5.05. The van der Waals surface area contributed by atoms with Crippen LogP contribution in [0.1, 0.15) is 27.7 Å². The molecule has 1 atom stereocenters. The molecule has 0 aliphatic heterocycles. The summed E-state index contributed by atoms with van der Waals surface area (Å²) in [5.41, 5.74) is -0.986. The lowest BCUT2D eigenvalue weighted by Gasteiger charge is -2.27. The number of rotatable bonds is 4. The van der Waals surface area contributed by atoms with E-state index in [1.807, 2.05) is 0 Å². The lowest BCUT2D eigenvalue weighted by molar-refractivity contribution is -0.158. The van der Waals surface area contributed by atoms with E-state index in [1.54, 1.807) is 0 Å². The predicted molar refractivity (Wildman–Crippen MR) is 76.5 cm³/mol. The topological polar surface area (TPSA) is 63.7 Å². The highest BCUT2D eigenvalue weighted by Gasteiger charge is 2.39. The highest BCUT2D eigenvalue weighted by molar-refractivity contribution is 7.89. The molecule has 1 rings (SSSR count). The van der Waals surface area contributed by atoms with Gasteiger partial charge in [0.25, 0.3) is 0 Å². The molecule has 0 heterocycles. The van der Waals surface area contributed by atoms with Crippen molar-refractivity contribution in [2.45, 2.75) is 44.2 Å². The fraction of sp³-hybridized carbons (Fsp3) is 0.500. The quantitative estimate of drug-likeness (QED) is 0.344. The standard InChI is InChI=1S/C14H16F5NO4S/c1-6(13(21)24-14(2,3)4)20(5)25(22,23)12-10(18)8(16)7(15)9(17)11(12)19/h6H,1-5H3/t6-/m1/s1. The fourth-order valence-electron chi connectivity index (χ4n) is 1.70. The number of nitrogens with zero attached hydrogens (tertiary/aromatic N) is 1. The van der Waals surface area contributed by atoms with Crippen molar-refractivity contribution in [3.05, 3.63) is 29.1 Å². The van der Waals surface area contributed by atoms with Gasteiger partial charge in [-0.1, -0.05) is 0 Å². The smallest absolute Gasteiger partial charge is 0.324 e. The largest absolute Gasteiger partial charge is 0.459 e. The van der Waals surface area contributed by atoms with Gasteiger partial charge in [-0.2, -0.15) is 4.31 Å². The number of hydrogen-bond acceptors (Lipinski definition) is 4. The summed E-state index contributed by atoms with van der Waals surface area (Å²) in [6, 6.07) is -1.58. The first-order valence-corrected chi connectivity index (χ1v) is 8.29. The van der Waals surface area contributed by atoms with Gasteiger partial charge in [-0.15, -0.1) is 0 Å². The van der Waals surface area contributed by atoms with Gasteiger partial charge in [0.05, 0.1) is 0 Å². The number of carbonyl (C=O) groups excluding carboxylic acids is 1. The van der Waals surface area contributed by atoms with Crippen LogP contribution in [0.15, 0.2) is 4.90 Å². The molecule has 1 aromatic rings. The van der Waals surface area contributed by atoms with Crippen molar-refractivity contribution in [3.8, 4) is 0 Å². The Morgan fingerprint density at radius 2 is 1.32 bits per heavy atom. The van der Waals surface area contributed by atoms with Crippen LogP contribution >= 0.6 is 0 Å². The van der Waals surface area contributed by atoms with Crippen LogP contribution in [0.2, 0.25) is 0 Å². The third-order valence-electron chi connectivity index (χ3n) is 3.10. The van der Waals surface area contributed by atoms with Gasteiger partial charge in [0, 0.05) is 7.05 Å². The molecule has 0 aromatic heterocycles. The Balaban J connectivity index is 3.41. The second-order valence-electron chi connectivity index (χ2n) is 6.13. The maximum Gasteiger partial charge on any atom is 0.324 e. The average Bonchev–Trinajstić information content (AvgIpc) is 2.47. The number of halogens is 5. The lowest BCUT2D eigenvalue weighted by atomic mass is 10.2. The molecule has 5 nitrogen and oxygen atoms in total. The summed E-state index contributed by atoms with van der Waals surface area (Å²) in [6.07, 6.45) is 0. The molecule has 0 spiro atoms. The minimum Gasteiger partial charge on any atom is -0.459 e. The van der Waals surface area contributed by atoms with Gasteiger partial charge in [0.1, 0.15) is 11.6 Å². The van der Waals surface area contributed by atoms with E-state index in [1.165, 1.54) is 20.8 Å². The Morgan fingerprint density at radius 1 is 0.960 bits per heavy atom. The van der Waals surface area contributed by atoms with E-state index in [2.05, 4.69) is 0 Å². The summed E-state index contributed by atoms with van der Waals surface area (Å²) in [6.45, 7) is 5.53. The molecule has 0 aliphatic rings. The summed E-state index contributed by atoms with van der Waals surface area (Å²) in [4.78, 5) is 9.87. The molecule has 1 aromatic carbocycles. The molecular weight excluding hydrogens is 373 g/mol. The summed E-state index contributed by atoms with van der Waals surface area (Å²) < 4.78 is 96.7. The summed E-state index contributed by atoms with van der Waals surface area (Å²) in [5, 5.41) is 0. The fourth-order valence-corrected chi connectivity index (χ4v) is 3.12.